The van der Waals surface area contributed by atoms with Gasteiger partial charge in [0.15, 0.2) is 0 Å². The molecule has 3 aliphatic heterocycles. The van der Waals surface area contributed by atoms with E-state index in [1.165, 1.54) is 55.5 Å². The van der Waals surface area contributed by atoms with Crippen molar-refractivity contribution < 1.29 is 26.2 Å². The Labute approximate surface area is 127 Å². The van der Waals surface area contributed by atoms with Gasteiger partial charge in [0.05, 0.1) is 32.8 Å². The molecule has 3 saturated heterocycles. The Kier molecular flexibility index (Phi) is 5.43. The van der Waals surface area contributed by atoms with Crippen LogP contribution in [-0.4, -0.2) is 37.3 Å². The highest BCUT2D eigenvalue weighted by Crippen LogP contribution is 2.33. The maximum atomic E-state index is 5.85. The number of nitrogens with zero attached hydrogens (tertiary/aromatic N) is 1. The van der Waals surface area contributed by atoms with Crippen molar-refractivity contribution in [2.75, 3.05) is 32.8 Å². The van der Waals surface area contributed by atoms with Gasteiger partial charge < -0.3 is 26.2 Å². The fraction of sp³-hybridized carbons (Fsp3) is 0.625. The van der Waals surface area contributed by atoms with E-state index in [9.17, 15) is 0 Å². The first-order valence-corrected chi connectivity index (χ1v) is 7.33. The molecule has 0 spiro atoms. The van der Waals surface area contributed by atoms with Gasteiger partial charge in [-0.2, -0.15) is 0 Å². The number of fused-ring (bicyclic) bond motifs is 3. The highest BCUT2D eigenvalue weighted by Gasteiger charge is 2.39. The van der Waals surface area contributed by atoms with Crippen LogP contribution >= 0.6 is 0 Å². The van der Waals surface area contributed by atoms with Crippen molar-refractivity contribution in [3.8, 4) is 0 Å². The van der Waals surface area contributed by atoms with Gasteiger partial charge in [-0.25, -0.2) is 0 Å². The molecular formula is C16H24BrNO. The van der Waals surface area contributed by atoms with Crippen molar-refractivity contribution in [3.05, 3.63) is 35.9 Å². The molecule has 3 fully saturated rings. The van der Waals surface area contributed by atoms with E-state index in [2.05, 4.69) is 30.3 Å². The summed E-state index contributed by atoms with van der Waals surface area (Å²) in [5.41, 5.74) is 1.29. The summed E-state index contributed by atoms with van der Waals surface area (Å²) in [5.74, 6) is 1.05. The standard InChI is InChI=1S/C16H24NO.BrH/c1-2-4-16(5-3-1)14-18-13-12-17-9-6-15(7-10-17)8-11-17;/h1-5,15H,6-14H2;1H/q+1;/p-1. The first-order valence-electron chi connectivity index (χ1n) is 7.33. The molecule has 0 radical (unpaired) electrons. The summed E-state index contributed by atoms with van der Waals surface area (Å²) in [4.78, 5) is 0. The summed E-state index contributed by atoms with van der Waals surface area (Å²) in [6.45, 7) is 7.11. The van der Waals surface area contributed by atoms with Crippen molar-refractivity contribution in [2.24, 2.45) is 5.92 Å². The van der Waals surface area contributed by atoms with Gasteiger partial charge in [0.2, 0.25) is 0 Å². The second-order valence-corrected chi connectivity index (χ2v) is 6.01. The van der Waals surface area contributed by atoms with Crippen LogP contribution in [0.25, 0.3) is 0 Å². The Balaban J connectivity index is 0.00000133. The maximum Gasteiger partial charge on any atom is 0.102 e. The van der Waals surface area contributed by atoms with Gasteiger partial charge in [0, 0.05) is 0 Å². The van der Waals surface area contributed by atoms with Crippen LogP contribution in [0, 0.1) is 5.92 Å². The molecule has 0 unspecified atom stereocenters. The highest BCUT2D eigenvalue weighted by molar-refractivity contribution is 5.13. The minimum Gasteiger partial charge on any atom is -1.00 e. The third-order valence-electron chi connectivity index (χ3n) is 4.86. The minimum absolute atomic E-state index is 0. The molecule has 2 nitrogen and oxygen atoms in total. The first kappa shape index (κ1) is 15.0. The number of halogens is 1. The first-order chi connectivity index (χ1) is 8.86. The van der Waals surface area contributed by atoms with Gasteiger partial charge in [-0.3, -0.25) is 0 Å². The van der Waals surface area contributed by atoms with Crippen LogP contribution in [0.4, 0.5) is 0 Å². The normalized spacial score (nSPS) is 28.9. The van der Waals surface area contributed by atoms with E-state index < -0.39 is 0 Å². The topological polar surface area (TPSA) is 9.23 Å². The molecule has 0 atom stereocenters. The lowest BCUT2D eigenvalue weighted by molar-refractivity contribution is -0.943. The summed E-state index contributed by atoms with van der Waals surface area (Å²) in [6, 6.07) is 10.5. The number of benzene rings is 1. The molecule has 106 valence electrons. The lowest BCUT2D eigenvalue weighted by atomic mass is 9.86. The molecule has 0 saturated carbocycles. The zero-order chi connectivity index (χ0) is 12.3. The van der Waals surface area contributed by atoms with E-state index in [0.29, 0.717) is 0 Å². The molecule has 2 bridgehead atoms. The number of piperidine rings is 3. The molecule has 0 aliphatic carbocycles. The average molecular weight is 326 g/mol. The third-order valence-corrected chi connectivity index (χ3v) is 4.86. The summed E-state index contributed by atoms with van der Waals surface area (Å²) in [6.07, 6.45) is 4.37. The van der Waals surface area contributed by atoms with E-state index >= 15 is 0 Å². The van der Waals surface area contributed by atoms with Crippen LogP contribution in [0.5, 0.6) is 0 Å². The van der Waals surface area contributed by atoms with E-state index in [1.807, 2.05) is 0 Å². The fourth-order valence-electron chi connectivity index (χ4n) is 3.50. The largest absolute Gasteiger partial charge is 1.00 e. The van der Waals surface area contributed by atoms with E-state index in [-0.39, 0.29) is 17.0 Å². The Bertz CT molecular complexity index is 360. The molecule has 19 heavy (non-hydrogen) atoms. The van der Waals surface area contributed by atoms with Crippen molar-refractivity contribution in [1.82, 2.24) is 0 Å². The van der Waals surface area contributed by atoms with Crippen LogP contribution < -0.4 is 17.0 Å². The van der Waals surface area contributed by atoms with Gasteiger partial charge in [0.1, 0.15) is 6.54 Å². The summed E-state index contributed by atoms with van der Waals surface area (Å²) < 4.78 is 7.19. The predicted molar refractivity (Wildman–Crippen MR) is 73.2 cm³/mol. The number of rotatable bonds is 5. The zero-order valence-corrected chi connectivity index (χ0v) is 13.1. The molecule has 0 N–H and O–H groups in total. The van der Waals surface area contributed by atoms with Crippen LogP contribution in [0.1, 0.15) is 24.8 Å². The van der Waals surface area contributed by atoms with Gasteiger partial charge >= 0.3 is 0 Å². The van der Waals surface area contributed by atoms with E-state index in [1.54, 1.807) is 0 Å². The smallest absolute Gasteiger partial charge is 0.102 e. The lowest BCUT2D eigenvalue weighted by Crippen LogP contribution is -3.00. The summed E-state index contributed by atoms with van der Waals surface area (Å²) in [5, 5.41) is 0. The third kappa shape index (κ3) is 3.80. The van der Waals surface area contributed by atoms with Gasteiger partial charge in [-0.1, -0.05) is 30.3 Å². The minimum atomic E-state index is 0. The van der Waals surface area contributed by atoms with Gasteiger partial charge in [0.25, 0.3) is 0 Å². The predicted octanol–water partition coefficient (Wildman–Crippen LogP) is -0.162. The highest BCUT2D eigenvalue weighted by atomic mass is 79.9. The number of hydrogen-bond donors (Lipinski definition) is 0. The molecule has 3 heteroatoms. The second kappa shape index (κ2) is 6.87. The molecule has 4 rings (SSSR count). The molecule has 0 amide bonds. The summed E-state index contributed by atoms with van der Waals surface area (Å²) >= 11 is 0. The van der Waals surface area contributed by atoms with Gasteiger partial charge in [-0.15, -0.1) is 0 Å². The SMILES string of the molecule is [Br-].c1ccc(COCC[N+]23CCC(CC2)CC3)cc1. The average Bonchev–Trinajstić information content (AvgIpc) is 2.47. The van der Waals surface area contributed by atoms with Crippen LogP contribution in [0.3, 0.4) is 0 Å². The van der Waals surface area contributed by atoms with Crippen LogP contribution in [0.2, 0.25) is 0 Å². The zero-order valence-electron chi connectivity index (χ0n) is 11.6. The lowest BCUT2D eigenvalue weighted by Gasteiger charge is -2.49. The second-order valence-electron chi connectivity index (χ2n) is 6.01. The Morgan fingerprint density at radius 3 is 2.26 bits per heavy atom. The quantitative estimate of drug-likeness (QED) is 0.540. The molecule has 0 aromatic heterocycles. The molecule has 3 aliphatic rings. The Morgan fingerprint density at radius 1 is 1.00 bits per heavy atom. The molecule has 1 aromatic carbocycles. The van der Waals surface area contributed by atoms with Crippen molar-refractivity contribution >= 4 is 0 Å². The molecule has 3 heterocycles. The van der Waals surface area contributed by atoms with E-state index in [4.69, 9.17) is 4.74 Å². The van der Waals surface area contributed by atoms with E-state index in [0.717, 1.165) is 19.1 Å². The Morgan fingerprint density at radius 2 is 1.63 bits per heavy atom. The van der Waals surface area contributed by atoms with Crippen LogP contribution in [-0.2, 0) is 11.3 Å². The summed E-state index contributed by atoms with van der Waals surface area (Å²) in [7, 11) is 0. The Hall–Kier alpha value is -0.380. The monoisotopic (exact) mass is 325 g/mol. The molecular weight excluding hydrogens is 302 g/mol. The van der Waals surface area contributed by atoms with Crippen LogP contribution in [0.15, 0.2) is 30.3 Å². The fourth-order valence-corrected chi connectivity index (χ4v) is 3.50. The maximum absolute atomic E-state index is 5.85. The number of quaternary nitrogens is 1. The van der Waals surface area contributed by atoms with Crippen molar-refractivity contribution in [1.29, 1.82) is 0 Å². The number of hydrogen-bond acceptors (Lipinski definition) is 1. The van der Waals surface area contributed by atoms with Gasteiger partial charge in [-0.05, 0) is 30.7 Å². The molecule has 1 aromatic rings. The van der Waals surface area contributed by atoms with Crippen molar-refractivity contribution in [2.45, 2.75) is 25.9 Å². The number of ether oxygens (including phenoxy) is 1. The van der Waals surface area contributed by atoms with Crippen molar-refractivity contribution in [3.63, 3.8) is 0 Å².